The van der Waals surface area contributed by atoms with Gasteiger partial charge in [0.15, 0.2) is 5.54 Å². The zero-order valence-corrected chi connectivity index (χ0v) is 22.2. The van der Waals surface area contributed by atoms with Crippen molar-refractivity contribution in [2.24, 2.45) is 17.6 Å². The first-order chi connectivity index (χ1) is 17.1. The Morgan fingerprint density at radius 1 is 1.27 bits per heavy atom. The summed E-state index contributed by atoms with van der Waals surface area (Å²) >= 11 is 0. The van der Waals surface area contributed by atoms with Crippen molar-refractivity contribution in [3.63, 3.8) is 0 Å². The summed E-state index contributed by atoms with van der Waals surface area (Å²) < 4.78 is 6.68. The molecule has 1 unspecified atom stereocenters. The number of rotatable bonds is 8. The molecular formula is C24H37N7O6. The highest BCUT2D eigenvalue weighted by atomic mass is 16.6. The number of alkyl carbamates (subject to hydrolysis) is 1. The predicted molar refractivity (Wildman–Crippen MR) is 133 cm³/mol. The number of amides is 5. The Labute approximate surface area is 215 Å². The Morgan fingerprint density at radius 3 is 2.54 bits per heavy atom. The summed E-state index contributed by atoms with van der Waals surface area (Å²) in [6, 6.07) is -0.273. The molecular weight excluding hydrogens is 482 g/mol. The number of aromatic nitrogens is 2. The minimum Gasteiger partial charge on any atom is -0.444 e. The van der Waals surface area contributed by atoms with Crippen LogP contribution < -0.4 is 21.7 Å². The molecule has 0 aromatic carbocycles. The van der Waals surface area contributed by atoms with Gasteiger partial charge in [-0.05, 0) is 40.0 Å². The molecule has 204 valence electrons. The van der Waals surface area contributed by atoms with Crippen molar-refractivity contribution in [2.75, 3.05) is 18.4 Å². The number of nitrogens with two attached hydrogens (primary N) is 1. The number of carbonyl (C=O) groups excluding carboxylic acids is 5. The minimum atomic E-state index is -1.23. The highest BCUT2D eigenvalue weighted by molar-refractivity contribution is 6.02. The number of anilines is 1. The van der Waals surface area contributed by atoms with Gasteiger partial charge in [0.05, 0.1) is 18.7 Å². The molecule has 13 nitrogen and oxygen atoms in total. The molecule has 0 saturated carbocycles. The maximum absolute atomic E-state index is 13.7. The zero-order valence-electron chi connectivity index (χ0n) is 22.2. The molecule has 4 atom stereocenters. The summed E-state index contributed by atoms with van der Waals surface area (Å²) in [5, 5.41) is 12.2. The fraction of sp³-hybridized carbons (Fsp3) is 0.667. The molecule has 13 heteroatoms. The van der Waals surface area contributed by atoms with Gasteiger partial charge in [-0.2, -0.15) is 5.10 Å². The van der Waals surface area contributed by atoms with Gasteiger partial charge in [0.1, 0.15) is 23.5 Å². The van der Waals surface area contributed by atoms with Crippen LogP contribution in [0, 0.1) is 11.8 Å². The first-order valence-electron chi connectivity index (χ1n) is 12.4. The van der Waals surface area contributed by atoms with Crippen LogP contribution in [-0.2, 0) is 29.5 Å². The molecule has 2 aliphatic rings. The molecule has 1 saturated heterocycles. The van der Waals surface area contributed by atoms with E-state index in [1.165, 1.54) is 22.7 Å². The monoisotopic (exact) mass is 519 g/mol. The number of ether oxygens (including phenoxy) is 1. The van der Waals surface area contributed by atoms with E-state index in [9.17, 15) is 24.0 Å². The van der Waals surface area contributed by atoms with Crippen LogP contribution in [0.1, 0.15) is 54.4 Å². The second-order valence-electron chi connectivity index (χ2n) is 11.1. The molecule has 3 rings (SSSR count). The summed E-state index contributed by atoms with van der Waals surface area (Å²) in [5.74, 6) is -2.06. The van der Waals surface area contributed by atoms with Gasteiger partial charge >= 0.3 is 6.09 Å². The van der Waals surface area contributed by atoms with Crippen LogP contribution in [-0.4, -0.2) is 75.2 Å². The topological polar surface area (TPSA) is 178 Å². The van der Waals surface area contributed by atoms with Gasteiger partial charge < -0.3 is 31.3 Å². The Morgan fingerprint density at radius 2 is 1.95 bits per heavy atom. The lowest BCUT2D eigenvalue weighted by molar-refractivity contribution is -0.141. The van der Waals surface area contributed by atoms with Crippen molar-refractivity contribution in [1.29, 1.82) is 0 Å². The van der Waals surface area contributed by atoms with Crippen LogP contribution in [0.15, 0.2) is 12.3 Å². The van der Waals surface area contributed by atoms with E-state index in [1.807, 2.05) is 13.8 Å². The minimum absolute atomic E-state index is 0.00614. The standard InChI is InChI=1S/C24H37N7O6/c1-13(2)9-15(11-26-19(33)14(3)28-22(36)37-23(4,5)6)20(34)30-12-24(10-16(30)18(25)32)21(35)29-17-7-8-27-31(17)24/h7-8,13-16H,9-12H2,1-6H3,(H2,25,32)(H,26,33)(H,28,36)(H,29,35)/t14-,15-,16-,24?/m0/s1. The third-order valence-electron chi connectivity index (χ3n) is 6.42. The Kier molecular flexibility index (Phi) is 7.84. The summed E-state index contributed by atoms with van der Waals surface area (Å²) in [6.07, 6.45) is 1.22. The number of primary amides is 1. The molecule has 5 N–H and O–H groups in total. The van der Waals surface area contributed by atoms with Gasteiger partial charge in [0.2, 0.25) is 17.7 Å². The highest BCUT2D eigenvalue weighted by Crippen LogP contribution is 2.41. The molecule has 3 heterocycles. The second kappa shape index (κ2) is 10.4. The van der Waals surface area contributed by atoms with Crippen LogP contribution in [0.25, 0.3) is 0 Å². The van der Waals surface area contributed by atoms with E-state index in [1.54, 1.807) is 26.8 Å². The highest BCUT2D eigenvalue weighted by Gasteiger charge is 2.58. The fourth-order valence-corrected chi connectivity index (χ4v) is 4.76. The largest absolute Gasteiger partial charge is 0.444 e. The van der Waals surface area contributed by atoms with E-state index in [0.717, 1.165) is 0 Å². The van der Waals surface area contributed by atoms with Crippen molar-refractivity contribution in [1.82, 2.24) is 25.3 Å². The molecule has 0 radical (unpaired) electrons. The van der Waals surface area contributed by atoms with E-state index in [-0.39, 0.29) is 31.3 Å². The first kappa shape index (κ1) is 27.9. The normalized spacial score (nSPS) is 22.4. The van der Waals surface area contributed by atoms with E-state index in [4.69, 9.17) is 10.5 Å². The van der Waals surface area contributed by atoms with E-state index in [2.05, 4.69) is 21.0 Å². The van der Waals surface area contributed by atoms with Gasteiger partial charge in [0, 0.05) is 19.0 Å². The van der Waals surface area contributed by atoms with Gasteiger partial charge in [-0.3, -0.25) is 19.2 Å². The third kappa shape index (κ3) is 6.03. The summed E-state index contributed by atoms with van der Waals surface area (Å²) in [4.78, 5) is 65.0. The van der Waals surface area contributed by atoms with E-state index < -0.39 is 53.0 Å². The van der Waals surface area contributed by atoms with Crippen molar-refractivity contribution < 1.29 is 28.7 Å². The molecule has 1 fully saturated rings. The maximum atomic E-state index is 13.7. The summed E-state index contributed by atoms with van der Waals surface area (Å²) in [5.41, 5.74) is 3.71. The van der Waals surface area contributed by atoms with Crippen LogP contribution in [0.2, 0.25) is 0 Å². The molecule has 1 spiro atoms. The van der Waals surface area contributed by atoms with Gasteiger partial charge in [-0.1, -0.05) is 13.8 Å². The van der Waals surface area contributed by atoms with Crippen molar-refractivity contribution in [3.8, 4) is 0 Å². The smallest absolute Gasteiger partial charge is 0.408 e. The Hall–Kier alpha value is -3.64. The first-order valence-corrected chi connectivity index (χ1v) is 12.4. The van der Waals surface area contributed by atoms with Crippen LogP contribution in [0.5, 0.6) is 0 Å². The number of hydrogen-bond acceptors (Lipinski definition) is 7. The number of likely N-dealkylation sites (tertiary alicyclic amines) is 1. The number of fused-ring (bicyclic) bond motifs is 2. The quantitative estimate of drug-likeness (QED) is 0.382. The van der Waals surface area contributed by atoms with E-state index >= 15 is 0 Å². The van der Waals surface area contributed by atoms with Crippen LogP contribution in [0.4, 0.5) is 10.6 Å². The summed E-state index contributed by atoms with van der Waals surface area (Å²) in [7, 11) is 0. The molecule has 5 amide bonds. The summed E-state index contributed by atoms with van der Waals surface area (Å²) in [6.45, 7) is 10.4. The second-order valence-corrected chi connectivity index (χ2v) is 11.1. The molecule has 2 aliphatic heterocycles. The van der Waals surface area contributed by atoms with Gasteiger partial charge in [-0.25, -0.2) is 9.48 Å². The average Bonchev–Trinajstić information content (AvgIpc) is 3.45. The Balaban J connectivity index is 1.73. The average molecular weight is 520 g/mol. The lowest BCUT2D eigenvalue weighted by Crippen LogP contribution is -2.51. The lowest BCUT2D eigenvalue weighted by atomic mass is 9.95. The van der Waals surface area contributed by atoms with Gasteiger partial charge in [0.25, 0.3) is 5.91 Å². The van der Waals surface area contributed by atoms with Gasteiger partial charge in [-0.15, -0.1) is 0 Å². The SMILES string of the molecule is CC(C)C[C@@H](CNC(=O)[C@H](C)NC(=O)OC(C)(C)C)C(=O)N1CC2(C[C@H]1C(N)=O)C(=O)Nc1ccnn12. The zero-order chi connectivity index (χ0) is 27.7. The van der Waals surface area contributed by atoms with Crippen LogP contribution >= 0.6 is 0 Å². The van der Waals surface area contributed by atoms with Crippen molar-refractivity contribution in [3.05, 3.63) is 12.3 Å². The number of hydrogen-bond donors (Lipinski definition) is 4. The third-order valence-corrected chi connectivity index (χ3v) is 6.42. The van der Waals surface area contributed by atoms with Crippen molar-refractivity contribution >= 4 is 35.5 Å². The molecule has 0 bridgehead atoms. The maximum Gasteiger partial charge on any atom is 0.408 e. The van der Waals surface area contributed by atoms with Crippen LogP contribution in [0.3, 0.4) is 0 Å². The number of carbonyl (C=O) groups is 5. The lowest BCUT2D eigenvalue weighted by Gasteiger charge is -2.29. The number of nitrogens with zero attached hydrogens (tertiary/aromatic N) is 3. The molecule has 37 heavy (non-hydrogen) atoms. The molecule has 1 aromatic heterocycles. The molecule has 1 aromatic rings. The Bertz CT molecular complexity index is 1080. The fourth-order valence-electron chi connectivity index (χ4n) is 4.76. The molecule has 0 aliphatic carbocycles. The van der Waals surface area contributed by atoms with E-state index in [0.29, 0.717) is 12.2 Å². The number of nitrogens with one attached hydrogen (secondary N) is 3. The van der Waals surface area contributed by atoms with Crippen molar-refractivity contribution in [2.45, 2.75) is 77.6 Å². The predicted octanol–water partition coefficient (Wildman–Crippen LogP) is 0.308.